The van der Waals surface area contributed by atoms with E-state index in [1.807, 2.05) is 18.2 Å². The fraction of sp³-hybridized carbons (Fsp3) is 0.471. The quantitative estimate of drug-likeness (QED) is 0.916. The third kappa shape index (κ3) is 4.09. The van der Waals surface area contributed by atoms with Gasteiger partial charge in [-0.1, -0.05) is 41.9 Å². The third-order valence-corrected chi connectivity index (χ3v) is 4.24. The second-order valence-corrected chi connectivity index (χ2v) is 5.74. The number of hydrogen-bond acceptors (Lipinski definition) is 4. The molecular weight excluding hydrogens is 298 g/mol. The number of aromatic nitrogens is 1. The van der Waals surface area contributed by atoms with Crippen molar-refractivity contribution in [2.24, 2.45) is 5.73 Å². The first-order chi connectivity index (χ1) is 10.4. The van der Waals surface area contributed by atoms with E-state index in [0.717, 1.165) is 43.1 Å². The van der Waals surface area contributed by atoms with Gasteiger partial charge in [-0.05, 0) is 32.4 Å². The maximum atomic E-state index is 5.73. The minimum absolute atomic E-state index is 0. The smallest absolute Gasteiger partial charge is 0.151 e. The van der Waals surface area contributed by atoms with Gasteiger partial charge in [0.25, 0.3) is 0 Å². The van der Waals surface area contributed by atoms with Crippen molar-refractivity contribution < 1.29 is 4.52 Å². The molecule has 1 saturated heterocycles. The molecule has 2 aromatic rings. The largest absolute Gasteiger partial charge is 0.359 e. The van der Waals surface area contributed by atoms with Gasteiger partial charge in [-0.3, -0.25) is 4.90 Å². The molecule has 1 atom stereocenters. The summed E-state index contributed by atoms with van der Waals surface area (Å²) in [6.07, 6.45) is 4.89. The van der Waals surface area contributed by atoms with E-state index in [1.165, 1.54) is 19.3 Å². The Hall–Kier alpha value is -1.36. The highest BCUT2D eigenvalue weighted by Crippen LogP contribution is 2.24. The number of hydrogen-bond donors (Lipinski definition) is 1. The number of benzene rings is 1. The lowest BCUT2D eigenvalue weighted by Gasteiger charge is -2.34. The lowest BCUT2D eigenvalue weighted by molar-refractivity contribution is 0.121. The molecular formula is C17H24ClN3O. The molecule has 0 saturated carbocycles. The van der Waals surface area contributed by atoms with E-state index in [9.17, 15) is 0 Å². The topological polar surface area (TPSA) is 55.3 Å². The van der Waals surface area contributed by atoms with Crippen LogP contribution in [0.5, 0.6) is 0 Å². The van der Waals surface area contributed by atoms with E-state index in [-0.39, 0.29) is 12.4 Å². The van der Waals surface area contributed by atoms with E-state index < -0.39 is 0 Å². The van der Waals surface area contributed by atoms with Gasteiger partial charge in [-0.25, -0.2) is 0 Å². The Morgan fingerprint density at radius 3 is 2.82 bits per heavy atom. The molecule has 0 spiro atoms. The Morgan fingerprint density at radius 1 is 1.23 bits per heavy atom. The van der Waals surface area contributed by atoms with E-state index in [0.29, 0.717) is 6.04 Å². The number of likely N-dealkylation sites (tertiary alicyclic amines) is 1. The van der Waals surface area contributed by atoms with Crippen molar-refractivity contribution in [3.63, 3.8) is 0 Å². The van der Waals surface area contributed by atoms with Crippen LogP contribution >= 0.6 is 12.4 Å². The Kier molecular flexibility index (Phi) is 6.43. The highest BCUT2D eigenvalue weighted by atomic mass is 35.5. The predicted molar refractivity (Wildman–Crippen MR) is 90.9 cm³/mol. The zero-order valence-electron chi connectivity index (χ0n) is 12.8. The molecule has 5 heteroatoms. The molecule has 1 aromatic heterocycles. The highest BCUT2D eigenvalue weighted by molar-refractivity contribution is 5.85. The fourth-order valence-electron chi connectivity index (χ4n) is 3.12. The maximum Gasteiger partial charge on any atom is 0.151 e. The zero-order valence-corrected chi connectivity index (χ0v) is 13.6. The van der Waals surface area contributed by atoms with Gasteiger partial charge < -0.3 is 10.3 Å². The SMILES string of the molecule is Cl.NCCC1CCCCN1Cc1cc(-c2ccccc2)no1. The van der Waals surface area contributed by atoms with Crippen molar-refractivity contribution in [3.05, 3.63) is 42.2 Å². The van der Waals surface area contributed by atoms with Gasteiger partial charge in [0.15, 0.2) is 5.76 Å². The molecule has 0 aliphatic carbocycles. The van der Waals surface area contributed by atoms with Crippen LogP contribution in [0.25, 0.3) is 11.3 Å². The molecule has 0 bridgehead atoms. The van der Waals surface area contributed by atoms with Crippen LogP contribution in [0.2, 0.25) is 0 Å². The van der Waals surface area contributed by atoms with Gasteiger partial charge >= 0.3 is 0 Å². The summed E-state index contributed by atoms with van der Waals surface area (Å²) in [7, 11) is 0. The van der Waals surface area contributed by atoms with Crippen molar-refractivity contribution >= 4 is 12.4 Å². The van der Waals surface area contributed by atoms with Crippen molar-refractivity contribution in [2.45, 2.75) is 38.3 Å². The van der Waals surface area contributed by atoms with Gasteiger partial charge in [0.1, 0.15) is 5.69 Å². The highest BCUT2D eigenvalue weighted by Gasteiger charge is 2.23. The Morgan fingerprint density at radius 2 is 2.05 bits per heavy atom. The van der Waals surface area contributed by atoms with Crippen LogP contribution < -0.4 is 5.73 Å². The molecule has 3 rings (SSSR count). The Labute approximate surface area is 138 Å². The monoisotopic (exact) mass is 321 g/mol. The van der Waals surface area contributed by atoms with Crippen LogP contribution in [0.15, 0.2) is 40.9 Å². The zero-order chi connectivity index (χ0) is 14.5. The van der Waals surface area contributed by atoms with Gasteiger partial charge in [0, 0.05) is 17.7 Å². The number of nitrogens with zero attached hydrogens (tertiary/aromatic N) is 2. The summed E-state index contributed by atoms with van der Waals surface area (Å²) in [5.41, 5.74) is 7.75. The Bertz CT molecular complexity index is 556. The lowest BCUT2D eigenvalue weighted by atomic mass is 9.99. The molecule has 22 heavy (non-hydrogen) atoms. The van der Waals surface area contributed by atoms with Crippen LogP contribution in [0.3, 0.4) is 0 Å². The average Bonchev–Trinajstić information content (AvgIpc) is 2.99. The van der Waals surface area contributed by atoms with Crippen molar-refractivity contribution in [2.75, 3.05) is 13.1 Å². The van der Waals surface area contributed by atoms with Crippen LogP contribution in [-0.2, 0) is 6.54 Å². The average molecular weight is 322 g/mol. The van der Waals surface area contributed by atoms with Gasteiger partial charge in [0.2, 0.25) is 0 Å². The third-order valence-electron chi connectivity index (χ3n) is 4.24. The first-order valence-electron chi connectivity index (χ1n) is 7.82. The van der Waals surface area contributed by atoms with Gasteiger partial charge in [-0.15, -0.1) is 12.4 Å². The van der Waals surface area contributed by atoms with E-state index >= 15 is 0 Å². The molecule has 1 unspecified atom stereocenters. The van der Waals surface area contributed by atoms with E-state index in [2.05, 4.69) is 28.3 Å². The summed E-state index contributed by atoms with van der Waals surface area (Å²) >= 11 is 0. The van der Waals surface area contributed by atoms with E-state index in [4.69, 9.17) is 10.3 Å². The van der Waals surface area contributed by atoms with Gasteiger partial charge in [0.05, 0.1) is 6.54 Å². The molecule has 0 radical (unpaired) electrons. The number of halogens is 1. The molecule has 120 valence electrons. The van der Waals surface area contributed by atoms with Crippen LogP contribution in [0.1, 0.15) is 31.4 Å². The molecule has 1 aromatic carbocycles. The van der Waals surface area contributed by atoms with Crippen molar-refractivity contribution in [1.29, 1.82) is 0 Å². The summed E-state index contributed by atoms with van der Waals surface area (Å²) in [4.78, 5) is 2.49. The van der Waals surface area contributed by atoms with Crippen LogP contribution in [0, 0.1) is 0 Å². The standard InChI is InChI=1S/C17H23N3O.ClH/c18-10-9-15-8-4-5-11-20(15)13-16-12-17(19-21-16)14-6-2-1-3-7-14;/h1-3,6-7,12,15H,4-5,8-11,13,18H2;1H. The summed E-state index contributed by atoms with van der Waals surface area (Å²) in [6.45, 7) is 2.73. The molecule has 2 heterocycles. The molecule has 2 N–H and O–H groups in total. The summed E-state index contributed by atoms with van der Waals surface area (Å²) in [5, 5.41) is 4.20. The summed E-state index contributed by atoms with van der Waals surface area (Å²) in [5.74, 6) is 0.942. The number of rotatable bonds is 5. The van der Waals surface area contributed by atoms with Crippen molar-refractivity contribution in [1.82, 2.24) is 10.1 Å². The molecule has 1 fully saturated rings. The molecule has 4 nitrogen and oxygen atoms in total. The number of piperidine rings is 1. The first-order valence-corrected chi connectivity index (χ1v) is 7.82. The minimum Gasteiger partial charge on any atom is -0.359 e. The molecule has 0 amide bonds. The second-order valence-electron chi connectivity index (χ2n) is 5.74. The molecule has 1 aliphatic rings. The first kappa shape index (κ1) is 17.0. The fourth-order valence-corrected chi connectivity index (χ4v) is 3.12. The maximum absolute atomic E-state index is 5.73. The summed E-state index contributed by atoms with van der Waals surface area (Å²) < 4.78 is 5.53. The minimum atomic E-state index is 0. The molecule has 1 aliphatic heterocycles. The van der Waals surface area contributed by atoms with E-state index in [1.54, 1.807) is 0 Å². The second kappa shape index (κ2) is 8.32. The van der Waals surface area contributed by atoms with Crippen molar-refractivity contribution in [3.8, 4) is 11.3 Å². The van der Waals surface area contributed by atoms with Gasteiger partial charge in [-0.2, -0.15) is 0 Å². The Balaban J connectivity index is 0.00000176. The predicted octanol–water partition coefficient (Wildman–Crippen LogP) is 3.47. The normalized spacial score (nSPS) is 18.9. The summed E-state index contributed by atoms with van der Waals surface area (Å²) in [6, 6.07) is 12.8. The van der Waals surface area contributed by atoms with Crippen LogP contribution in [-0.4, -0.2) is 29.2 Å². The van der Waals surface area contributed by atoms with Crippen LogP contribution in [0.4, 0.5) is 0 Å². The number of nitrogens with two attached hydrogens (primary N) is 1. The lowest BCUT2D eigenvalue weighted by Crippen LogP contribution is -2.40.